The van der Waals surface area contributed by atoms with Crippen LogP contribution in [0.15, 0.2) is 12.1 Å². The fraction of sp³-hybridized carbons (Fsp3) is 0.615. The molecule has 0 aromatic carbocycles. The topological polar surface area (TPSA) is 70.2 Å². The Hall–Kier alpha value is -1.69. The predicted octanol–water partition coefficient (Wildman–Crippen LogP) is 0.731. The largest absolute Gasteiger partial charge is 0.372 e. The van der Waals surface area contributed by atoms with Crippen LogP contribution in [0, 0.1) is 0 Å². The molecule has 0 aliphatic heterocycles. The zero-order chi connectivity index (χ0) is 13.8. The third-order valence-corrected chi connectivity index (χ3v) is 3.53. The Morgan fingerprint density at radius 2 is 2.21 bits per heavy atom. The molecule has 1 aromatic rings. The average Bonchev–Trinajstić information content (AvgIpc) is 3.28. The van der Waals surface area contributed by atoms with Crippen LogP contribution in [0.1, 0.15) is 30.3 Å². The lowest BCUT2D eigenvalue weighted by Crippen LogP contribution is -2.41. The van der Waals surface area contributed by atoms with Crippen molar-refractivity contribution in [1.29, 1.82) is 0 Å². The molecule has 2 N–H and O–H groups in total. The molecule has 1 amide bonds. The number of aromatic nitrogens is 2. The lowest BCUT2D eigenvalue weighted by molar-refractivity contribution is 0.0933. The van der Waals surface area contributed by atoms with Crippen LogP contribution in [0.2, 0.25) is 0 Å². The number of hydrogen-bond donors (Lipinski definition) is 2. The van der Waals surface area contributed by atoms with Crippen LogP contribution < -0.4 is 10.6 Å². The maximum atomic E-state index is 11.9. The summed E-state index contributed by atoms with van der Waals surface area (Å²) in [5.74, 6) is 0.476. The Morgan fingerprint density at radius 3 is 2.74 bits per heavy atom. The molecule has 1 saturated carbocycles. The first-order valence-electron chi connectivity index (χ1n) is 6.63. The van der Waals surface area contributed by atoms with Crippen molar-refractivity contribution in [3.8, 4) is 0 Å². The number of nitrogens with zero attached hydrogens (tertiary/aromatic N) is 3. The number of likely N-dealkylation sites (N-methyl/N-ethyl adjacent to an activating group) is 1. The average molecular weight is 263 g/mol. The van der Waals surface area contributed by atoms with Crippen LogP contribution in [0.5, 0.6) is 0 Å². The van der Waals surface area contributed by atoms with Crippen molar-refractivity contribution in [3.63, 3.8) is 0 Å². The highest BCUT2D eigenvalue weighted by Gasteiger charge is 2.29. The second kappa shape index (κ2) is 5.97. The van der Waals surface area contributed by atoms with Crippen LogP contribution in [0.4, 0.5) is 5.82 Å². The van der Waals surface area contributed by atoms with E-state index in [1.165, 1.54) is 12.8 Å². The minimum Gasteiger partial charge on any atom is -0.372 e. The van der Waals surface area contributed by atoms with Gasteiger partial charge in [0.25, 0.3) is 5.91 Å². The van der Waals surface area contributed by atoms with E-state index in [4.69, 9.17) is 0 Å². The van der Waals surface area contributed by atoms with Crippen molar-refractivity contribution in [2.24, 2.45) is 0 Å². The summed E-state index contributed by atoms with van der Waals surface area (Å²) in [5.41, 5.74) is 0.347. The number of amides is 1. The van der Waals surface area contributed by atoms with Crippen LogP contribution >= 0.6 is 0 Å². The molecule has 0 radical (unpaired) electrons. The van der Waals surface area contributed by atoms with E-state index in [1.807, 2.05) is 0 Å². The van der Waals surface area contributed by atoms with Crippen molar-refractivity contribution in [2.75, 3.05) is 26.0 Å². The van der Waals surface area contributed by atoms with E-state index in [2.05, 4.69) is 39.7 Å². The molecule has 6 heteroatoms. The second-order valence-electron chi connectivity index (χ2n) is 5.01. The Bertz CT molecular complexity index is 429. The lowest BCUT2D eigenvalue weighted by Gasteiger charge is -2.24. The van der Waals surface area contributed by atoms with Gasteiger partial charge < -0.3 is 10.6 Å². The van der Waals surface area contributed by atoms with E-state index < -0.39 is 0 Å². The van der Waals surface area contributed by atoms with Crippen LogP contribution in [0.3, 0.4) is 0 Å². The normalized spacial score (nSPS) is 16.2. The Balaban J connectivity index is 1.82. The standard InChI is InChI=1S/C13H21N5O/c1-9(18(3)10-4-5-10)8-15-13(19)11-6-7-12(14-2)17-16-11/h6-7,9-10H,4-5,8H2,1-3H3,(H,14,17)(H,15,19). The van der Waals surface area contributed by atoms with E-state index >= 15 is 0 Å². The van der Waals surface area contributed by atoms with Gasteiger partial charge >= 0.3 is 0 Å². The molecule has 1 aliphatic carbocycles. The highest BCUT2D eigenvalue weighted by molar-refractivity contribution is 5.92. The quantitative estimate of drug-likeness (QED) is 0.792. The van der Waals surface area contributed by atoms with Gasteiger partial charge in [-0.3, -0.25) is 9.69 Å². The summed E-state index contributed by atoms with van der Waals surface area (Å²) in [6.07, 6.45) is 2.54. The lowest BCUT2D eigenvalue weighted by atomic mass is 10.2. The molecular weight excluding hydrogens is 242 g/mol. The molecule has 1 aliphatic rings. The summed E-state index contributed by atoms with van der Waals surface area (Å²) >= 11 is 0. The van der Waals surface area contributed by atoms with Gasteiger partial charge in [0, 0.05) is 25.7 Å². The van der Waals surface area contributed by atoms with Gasteiger partial charge in [0.2, 0.25) is 0 Å². The molecular formula is C13H21N5O. The molecule has 0 spiro atoms. The monoisotopic (exact) mass is 263 g/mol. The van der Waals surface area contributed by atoms with Gasteiger partial charge in [-0.15, -0.1) is 10.2 Å². The highest BCUT2D eigenvalue weighted by atomic mass is 16.1. The number of carbonyl (C=O) groups is 1. The van der Waals surface area contributed by atoms with Crippen molar-refractivity contribution >= 4 is 11.7 Å². The maximum Gasteiger partial charge on any atom is 0.271 e. The molecule has 104 valence electrons. The fourth-order valence-electron chi connectivity index (χ4n) is 1.90. The molecule has 1 aromatic heterocycles. The highest BCUT2D eigenvalue weighted by Crippen LogP contribution is 2.26. The van der Waals surface area contributed by atoms with E-state index in [1.54, 1.807) is 19.2 Å². The summed E-state index contributed by atoms with van der Waals surface area (Å²) in [7, 11) is 3.87. The van der Waals surface area contributed by atoms with Crippen LogP contribution in [0.25, 0.3) is 0 Å². The van der Waals surface area contributed by atoms with Gasteiger partial charge in [-0.25, -0.2) is 0 Å². The molecule has 1 atom stereocenters. The maximum absolute atomic E-state index is 11.9. The SMILES string of the molecule is CNc1ccc(C(=O)NCC(C)N(C)C2CC2)nn1. The van der Waals surface area contributed by atoms with Gasteiger partial charge in [-0.1, -0.05) is 0 Å². The zero-order valence-electron chi connectivity index (χ0n) is 11.7. The predicted molar refractivity (Wildman–Crippen MR) is 74.2 cm³/mol. The molecule has 19 heavy (non-hydrogen) atoms. The Labute approximate surface area is 113 Å². The number of carbonyl (C=O) groups excluding carboxylic acids is 1. The second-order valence-corrected chi connectivity index (χ2v) is 5.01. The summed E-state index contributed by atoms with van der Waals surface area (Å²) in [6.45, 7) is 2.75. The fourth-order valence-corrected chi connectivity index (χ4v) is 1.90. The molecule has 1 fully saturated rings. The first-order valence-corrected chi connectivity index (χ1v) is 6.63. The van der Waals surface area contributed by atoms with Gasteiger partial charge in [-0.2, -0.15) is 0 Å². The summed E-state index contributed by atoms with van der Waals surface area (Å²) < 4.78 is 0. The van der Waals surface area contributed by atoms with Crippen molar-refractivity contribution in [1.82, 2.24) is 20.4 Å². The zero-order valence-corrected chi connectivity index (χ0v) is 11.7. The minimum absolute atomic E-state index is 0.175. The van der Waals surface area contributed by atoms with E-state index in [0.29, 0.717) is 30.1 Å². The molecule has 6 nitrogen and oxygen atoms in total. The van der Waals surface area contributed by atoms with Crippen molar-refractivity contribution < 1.29 is 4.79 Å². The number of hydrogen-bond acceptors (Lipinski definition) is 5. The van der Waals surface area contributed by atoms with Crippen LogP contribution in [-0.2, 0) is 0 Å². The van der Waals surface area contributed by atoms with Gasteiger partial charge in [0.1, 0.15) is 5.82 Å². The van der Waals surface area contributed by atoms with Gasteiger partial charge in [0.05, 0.1) is 0 Å². The van der Waals surface area contributed by atoms with Crippen molar-refractivity contribution in [3.05, 3.63) is 17.8 Å². The molecule has 1 unspecified atom stereocenters. The molecule has 0 bridgehead atoms. The molecule has 2 rings (SSSR count). The van der Waals surface area contributed by atoms with Gasteiger partial charge in [0.15, 0.2) is 5.69 Å². The first kappa shape index (κ1) is 13.7. The van der Waals surface area contributed by atoms with Crippen LogP contribution in [-0.4, -0.2) is 53.7 Å². The van der Waals surface area contributed by atoms with Crippen molar-refractivity contribution in [2.45, 2.75) is 31.8 Å². The molecule has 1 heterocycles. The third-order valence-electron chi connectivity index (χ3n) is 3.53. The third kappa shape index (κ3) is 3.64. The van der Waals surface area contributed by atoms with E-state index in [-0.39, 0.29) is 5.91 Å². The number of rotatable bonds is 6. The van der Waals surface area contributed by atoms with Gasteiger partial charge in [-0.05, 0) is 38.9 Å². The summed E-state index contributed by atoms with van der Waals surface area (Å²) in [4.78, 5) is 14.2. The number of nitrogens with one attached hydrogen (secondary N) is 2. The summed E-state index contributed by atoms with van der Waals surface area (Å²) in [5, 5.41) is 13.5. The summed E-state index contributed by atoms with van der Waals surface area (Å²) in [6, 6.07) is 4.44. The first-order chi connectivity index (χ1) is 9.11. The Kier molecular flexibility index (Phi) is 4.31. The van der Waals surface area contributed by atoms with E-state index in [9.17, 15) is 4.79 Å². The Morgan fingerprint density at radius 1 is 1.47 bits per heavy atom. The molecule has 0 saturated heterocycles. The van der Waals surface area contributed by atoms with E-state index in [0.717, 1.165) is 0 Å². The minimum atomic E-state index is -0.175. The number of anilines is 1. The smallest absolute Gasteiger partial charge is 0.271 e.